The maximum Gasteiger partial charge on any atom is 0.230 e. The molecule has 0 unspecified atom stereocenters. The molecule has 2 heterocycles. The summed E-state index contributed by atoms with van der Waals surface area (Å²) in [6, 6.07) is 0. The van der Waals surface area contributed by atoms with Crippen molar-refractivity contribution in [1.82, 2.24) is 19.7 Å². The van der Waals surface area contributed by atoms with Gasteiger partial charge in [-0.15, -0.1) is 10.2 Å². The molecule has 0 radical (unpaired) electrons. The zero-order chi connectivity index (χ0) is 13.3. The maximum absolute atomic E-state index is 12.8. The molecule has 1 saturated carbocycles. The van der Waals surface area contributed by atoms with E-state index in [1.165, 1.54) is 6.42 Å². The predicted octanol–water partition coefficient (Wildman–Crippen LogP) is 0.529. The molecule has 104 valence electrons. The first-order chi connectivity index (χ1) is 9.25. The highest BCUT2D eigenvalue weighted by molar-refractivity contribution is 5.83. The van der Waals surface area contributed by atoms with E-state index >= 15 is 0 Å². The predicted molar refractivity (Wildman–Crippen MR) is 70.0 cm³/mol. The fraction of sp³-hybridized carbons (Fsp3) is 0.769. The Hall–Kier alpha value is -1.43. The summed E-state index contributed by atoms with van der Waals surface area (Å²) in [6.45, 7) is 2.57. The van der Waals surface area contributed by atoms with Crippen LogP contribution in [0.3, 0.4) is 0 Å². The van der Waals surface area contributed by atoms with Crippen LogP contribution in [0.2, 0.25) is 0 Å². The molecule has 1 aliphatic carbocycles. The first kappa shape index (κ1) is 12.6. The Bertz CT molecular complexity index is 463. The topological polar surface area (TPSA) is 77.0 Å². The average molecular weight is 263 g/mol. The lowest BCUT2D eigenvalue weighted by atomic mass is 9.73. The molecule has 0 atom stereocenters. The van der Waals surface area contributed by atoms with Gasteiger partial charge in [-0.25, -0.2) is 0 Å². The van der Waals surface area contributed by atoms with Gasteiger partial charge in [-0.3, -0.25) is 4.79 Å². The van der Waals surface area contributed by atoms with Crippen LogP contribution in [0.5, 0.6) is 0 Å². The first-order valence-electron chi connectivity index (χ1n) is 7.11. The lowest BCUT2D eigenvalue weighted by molar-refractivity contribution is -0.145. The van der Waals surface area contributed by atoms with Crippen LogP contribution in [-0.2, 0) is 17.9 Å². The Morgan fingerprint density at radius 3 is 2.84 bits per heavy atom. The van der Waals surface area contributed by atoms with E-state index in [0.717, 1.165) is 44.6 Å². The van der Waals surface area contributed by atoms with E-state index in [1.54, 1.807) is 6.33 Å². The van der Waals surface area contributed by atoms with Crippen molar-refractivity contribution in [3.05, 3.63) is 12.2 Å². The van der Waals surface area contributed by atoms with E-state index < -0.39 is 0 Å². The third-order valence-corrected chi connectivity index (χ3v) is 4.58. The molecule has 0 spiro atoms. The van der Waals surface area contributed by atoms with Crippen LogP contribution in [0.25, 0.3) is 0 Å². The molecule has 6 heteroatoms. The largest absolute Gasteiger partial charge is 0.333 e. The van der Waals surface area contributed by atoms with Crippen molar-refractivity contribution in [3.8, 4) is 0 Å². The molecule has 0 bridgehead atoms. The minimum absolute atomic E-state index is 0.226. The van der Waals surface area contributed by atoms with Gasteiger partial charge in [0.15, 0.2) is 5.82 Å². The van der Waals surface area contributed by atoms with Crippen LogP contribution in [0, 0.1) is 5.41 Å². The van der Waals surface area contributed by atoms with Gasteiger partial charge in [0.2, 0.25) is 5.91 Å². The monoisotopic (exact) mass is 263 g/mol. The van der Waals surface area contributed by atoms with Gasteiger partial charge in [0.05, 0.1) is 12.0 Å². The highest BCUT2D eigenvalue weighted by atomic mass is 16.2. The SMILES string of the molecule is NCC1(C(=O)N2CCn3cnnc3C2)CCCCC1. The van der Waals surface area contributed by atoms with Crippen molar-refractivity contribution < 1.29 is 4.79 Å². The fourth-order valence-corrected chi connectivity index (χ4v) is 3.31. The maximum atomic E-state index is 12.8. The van der Waals surface area contributed by atoms with Crippen LogP contribution in [-0.4, -0.2) is 38.7 Å². The van der Waals surface area contributed by atoms with Crippen LogP contribution in [0.1, 0.15) is 37.9 Å². The van der Waals surface area contributed by atoms with Crippen molar-refractivity contribution >= 4 is 5.91 Å². The van der Waals surface area contributed by atoms with E-state index in [4.69, 9.17) is 5.73 Å². The second-order valence-electron chi connectivity index (χ2n) is 5.71. The molecule has 6 nitrogen and oxygen atoms in total. The molecule has 19 heavy (non-hydrogen) atoms. The summed E-state index contributed by atoms with van der Waals surface area (Å²) in [4.78, 5) is 14.7. The number of nitrogens with two attached hydrogens (primary N) is 1. The summed E-state index contributed by atoms with van der Waals surface area (Å²) in [6.07, 6.45) is 7.07. The van der Waals surface area contributed by atoms with Gasteiger partial charge in [0.25, 0.3) is 0 Å². The third-order valence-electron chi connectivity index (χ3n) is 4.58. The van der Waals surface area contributed by atoms with Crippen molar-refractivity contribution in [3.63, 3.8) is 0 Å². The number of aromatic nitrogens is 3. The summed E-state index contributed by atoms with van der Waals surface area (Å²) in [5, 5.41) is 7.97. The Morgan fingerprint density at radius 2 is 2.11 bits per heavy atom. The fourth-order valence-electron chi connectivity index (χ4n) is 3.31. The molecule has 2 aliphatic rings. The van der Waals surface area contributed by atoms with Gasteiger partial charge in [-0.1, -0.05) is 19.3 Å². The highest BCUT2D eigenvalue weighted by Gasteiger charge is 2.41. The van der Waals surface area contributed by atoms with Crippen molar-refractivity contribution in [1.29, 1.82) is 0 Å². The van der Waals surface area contributed by atoms with E-state index in [9.17, 15) is 4.79 Å². The standard InChI is InChI=1S/C13H21N5O/c14-9-13(4-2-1-3-5-13)12(19)17-6-7-18-10-15-16-11(18)8-17/h10H,1-9,14H2. The zero-order valence-corrected chi connectivity index (χ0v) is 11.2. The number of hydrogen-bond acceptors (Lipinski definition) is 4. The summed E-state index contributed by atoms with van der Waals surface area (Å²) in [7, 11) is 0. The number of carbonyl (C=O) groups excluding carboxylic acids is 1. The van der Waals surface area contributed by atoms with E-state index in [0.29, 0.717) is 13.1 Å². The molecule has 1 aliphatic heterocycles. The Labute approximate surface area is 113 Å². The lowest BCUT2D eigenvalue weighted by Gasteiger charge is -2.40. The second kappa shape index (κ2) is 4.92. The van der Waals surface area contributed by atoms with Gasteiger partial charge < -0.3 is 15.2 Å². The smallest absolute Gasteiger partial charge is 0.230 e. The second-order valence-corrected chi connectivity index (χ2v) is 5.71. The molecule has 1 aromatic rings. The van der Waals surface area contributed by atoms with Crippen LogP contribution in [0.15, 0.2) is 6.33 Å². The number of fused-ring (bicyclic) bond motifs is 1. The number of carbonyl (C=O) groups is 1. The summed E-state index contributed by atoms with van der Waals surface area (Å²) in [5.41, 5.74) is 5.62. The minimum atomic E-state index is -0.319. The van der Waals surface area contributed by atoms with E-state index in [1.807, 2.05) is 9.47 Å². The van der Waals surface area contributed by atoms with Gasteiger partial charge in [-0.05, 0) is 12.8 Å². The normalized spacial score (nSPS) is 22.1. The highest BCUT2D eigenvalue weighted by Crippen LogP contribution is 2.37. The van der Waals surface area contributed by atoms with Crippen molar-refractivity contribution in [2.75, 3.05) is 13.1 Å². The van der Waals surface area contributed by atoms with Crippen molar-refractivity contribution in [2.45, 2.75) is 45.2 Å². The molecule has 0 aromatic carbocycles. The molecule has 1 aromatic heterocycles. The Morgan fingerprint density at radius 1 is 1.32 bits per heavy atom. The molecule has 1 amide bonds. The molecular formula is C13H21N5O. The molecule has 0 saturated heterocycles. The van der Waals surface area contributed by atoms with E-state index in [-0.39, 0.29) is 11.3 Å². The van der Waals surface area contributed by atoms with Crippen molar-refractivity contribution in [2.24, 2.45) is 11.1 Å². The van der Waals surface area contributed by atoms with Crippen LogP contribution in [0.4, 0.5) is 0 Å². The number of amides is 1. The molecule has 3 rings (SSSR count). The quantitative estimate of drug-likeness (QED) is 0.844. The Balaban J connectivity index is 1.77. The van der Waals surface area contributed by atoms with Gasteiger partial charge in [0.1, 0.15) is 6.33 Å². The molecule has 1 fully saturated rings. The summed E-state index contributed by atoms with van der Waals surface area (Å²) < 4.78 is 2.01. The molecular weight excluding hydrogens is 242 g/mol. The van der Waals surface area contributed by atoms with Gasteiger partial charge in [-0.2, -0.15) is 0 Å². The minimum Gasteiger partial charge on any atom is -0.333 e. The van der Waals surface area contributed by atoms with Gasteiger partial charge in [0, 0.05) is 19.6 Å². The van der Waals surface area contributed by atoms with Crippen LogP contribution >= 0.6 is 0 Å². The third kappa shape index (κ3) is 2.14. The number of hydrogen-bond donors (Lipinski definition) is 1. The summed E-state index contributed by atoms with van der Waals surface area (Å²) >= 11 is 0. The Kier molecular flexibility index (Phi) is 3.26. The van der Waals surface area contributed by atoms with Crippen LogP contribution < -0.4 is 5.73 Å². The number of nitrogens with zero attached hydrogens (tertiary/aromatic N) is 4. The summed E-state index contributed by atoms with van der Waals surface area (Å²) in [5.74, 6) is 1.10. The first-order valence-corrected chi connectivity index (χ1v) is 7.11. The average Bonchev–Trinajstić information content (AvgIpc) is 2.94. The zero-order valence-electron chi connectivity index (χ0n) is 11.2. The number of rotatable bonds is 2. The van der Waals surface area contributed by atoms with E-state index in [2.05, 4.69) is 10.2 Å². The lowest BCUT2D eigenvalue weighted by Crippen LogP contribution is -2.51. The van der Waals surface area contributed by atoms with Gasteiger partial charge >= 0.3 is 0 Å². The molecule has 2 N–H and O–H groups in total.